The summed E-state index contributed by atoms with van der Waals surface area (Å²) in [4.78, 5) is 8.02. The zero-order chi connectivity index (χ0) is 12.0. The van der Waals surface area contributed by atoms with E-state index in [1.165, 1.54) is 24.1 Å². The van der Waals surface area contributed by atoms with Crippen molar-refractivity contribution in [1.82, 2.24) is 9.97 Å². The number of rotatable bonds is 2. The lowest BCUT2D eigenvalue weighted by molar-refractivity contribution is 0.0998. The molecule has 0 aromatic carbocycles. The fourth-order valence-electron chi connectivity index (χ4n) is 3.15. The van der Waals surface area contributed by atoms with E-state index in [1.54, 1.807) is 0 Å². The third kappa shape index (κ3) is 1.83. The lowest BCUT2D eigenvalue weighted by Crippen LogP contribution is -2.18. The van der Waals surface area contributed by atoms with Crippen molar-refractivity contribution in [2.75, 3.05) is 0 Å². The van der Waals surface area contributed by atoms with Gasteiger partial charge in [0.05, 0.1) is 12.2 Å². The van der Waals surface area contributed by atoms with Crippen molar-refractivity contribution in [1.29, 1.82) is 0 Å². The van der Waals surface area contributed by atoms with Crippen LogP contribution in [0, 0.1) is 11.6 Å². The maximum atomic E-state index is 5.88. The van der Waals surface area contributed by atoms with Gasteiger partial charge in [-0.2, -0.15) is 0 Å². The van der Waals surface area contributed by atoms with E-state index in [0.29, 0.717) is 18.1 Å². The van der Waals surface area contributed by atoms with Crippen LogP contribution in [-0.4, -0.2) is 22.2 Å². The summed E-state index contributed by atoms with van der Waals surface area (Å²) in [5.74, 6) is 1.47. The highest BCUT2D eigenvalue weighted by Crippen LogP contribution is 2.43. The second-order valence-corrected chi connectivity index (χ2v) is 5.49. The number of fused-ring (bicyclic) bond motifs is 2. The van der Waals surface area contributed by atoms with Gasteiger partial charge in [0.2, 0.25) is 0 Å². The Hall–Kier alpha value is -0.740. The fraction of sp³-hybridized carbons (Fsp3) is 0.692. The van der Waals surface area contributed by atoms with Crippen LogP contribution in [0.25, 0.3) is 0 Å². The van der Waals surface area contributed by atoms with Gasteiger partial charge in [0.1, 0.15) is 10.5 Å². The topological polar surface area (TPSA) is 37.9 Å². The van der Waals surface area contributed by atoms with Crippen molar-refractivity contribution < 1.29 is 4.74 Å². The van der Waals surface area contributed by atoms with Gasteiger partial charge in [0.15, 0.2) is 0 Å². The summed E-state index contributed by atoms with van der Waals surface area (Å²) in [6.45, 7) is 4.21. The van der Waals surface area contributed by atoms with Crippen LogP contribution in [0.3, 0.4) is 0 Å². The largest absolute Gasteiger partial charge is 0.374 e. The minimum atomic E-state index is 0.366. The lowest BCUT2D eigenvalue weighted by atomic mass is 9.88. The Morgan fingerprint density at radius 1 is 1.47 bits per heavy atom. The molecule has 0 amide bonds. The normalized spacial score (nSPS) is 31.1. The fourth-order valence-corrected chi connectivity index (χ4v) is 3.55. The van der Waals surface area contributed by atoms with Gasteiger partial charge in [-0.1, -0.05) is 19.1 Å². The van der Waals surface area contributed by atoms with E-state index in [1.807, 2.05) is 0 Å². The van der Waals surface area contributed by atoms with E-state index in [2.05, 4.69) is 23.8 Å². The number of hydrogen-bond donors (Lipinski definition) is 1. The maximum absolute atomic E-state index is 5.88. The molecule has 17 heavy (non-hydrogen) atoms. The molecule has 4 heteroatoms. The minimum Gasteiger partial charge on any atom is -0.374 e. The first-order valence-corrected chi connectivity index (χ1v) is 6.85. The molecule has 1 aromatic heterocycles. The summed E-state index contributed by atoms with van der Waals surface area (Å²) < 4.78 is 6.65. The van der Waals surface area contributed by atoms with Crippen LogP contribution in [0.4, 0.5) is 0 Å². The molecule has 3 nitrogen and oxygen atoms in total. The van der Waals surface area contributed by atoms with Crippen molar-refractivity contribution in [2.45, 2.75) is 57.7 Å². The van der Waals surface area contributed by atoms with E-state index >= 15 is 0 Å². The van der Waals surface area contributed by atoms with Crippen LogP contribution in [0.15, 0.2) is 0 Å². The van der Waals surface area contributed by atoms with Crippen molar-refractivity contribution >= 4 is 12.2 Å². The smallest absolute Gasteiger partial charge is 0.133 e. The van der Waals surface area contributed by atoms with Gasteiger partial charge in [-0.3, -0.25) is 0 Å². The van der Waals surface area contributed by atoms with Gasteiger partial charge in [-0.15, -0.1) is 0 Å². The van der Waals surface area contributed by atoms with Gasteiger partial charge in [0.25, 0.3) is 0 Å². The van der Waals surface area contributed by atoms with E-state index in [9.17, 15) is 0 Å². The summed E-state index contributed by atoms with van der Waals surface area (Å²) in [5, 5.41) is 0. The first kappa shape index (κ1) is 11.4. The van der Waals surface area contributed by atoms with Crippen LogP contribution in [0.2, 0.25) is 0 Å². The predicted octanol–water partition coefficient (Wildman–Crippen LogP) is 3.04. The third-order valence-electron chi connectivity index (χ3n) is 4.06. The predicted molar refractivity (Wildman–Crippen MR) is 68.8 cm³/mol. The zero-order valence-corrected chi connectivity index (χ0v) is 11.1. The highest BCUT2D eigenvalue weighted by Gasteiger charge is 2.42. The Balaban J connectivity index is 1.97. The molecule has 1 aromatic rings. The summed E-state index contributed by atoms with van der Waals surface area (Å²) in [6, 6.07) is 0. The number of hydrogen-bond acceptors (Lipinski definition) is 3. The first-order chi connectivity index (χ1) is 8.19. The second kappa shape index (κ2) is 4.18. The molecule has 2 aliphatic heterocycles. The van der Waals surface area contributed by atoms with Crippen LogP contribution < -0.4 is 0 Å². The summed E-state index contributed by atoms with van der Waals surface area (Å²) in [5.41, 5.74) is 2.35. The highest BCUT2D eigenvalue weighted by molar-refractivity contribution is 7.71. The molecule has 2 bridgehead atoms. The molecular weight excluding hydrogens is 232 g/mol. The number of ether oxygens (including phenoxy) is 1. The third-order valence-corrected chi connectivity index (χ3v) is 4.40. The Bertz CT molecular complexity index is 497. The van der Waals surface area contributed by atoms with Crippen molar-refractivity contribution in [2.24, 2.45) is 0 Å². The second-order valence-electron chi connectivity index (χ2n) is 5.10. The summed E-state index contributed by atoms with van der Waals surface area (Å²) in [6.07, 6.45) is 5.26. The van der Waals surface area contributed by atoms with Crippen molar-refractivity contribution in [3.63, 3.8) is 0 Å². The Morgan fingerprint density at radius 2 is 2.29 bits per heavy atom. The molecule has 0 spiro atoms. The molecule has 2 aliphatic rings. The molecule has 92 valence electrons. The number of nitrogens with zero attached hydrogens (tertiary/aromatic N) is 1. The van der Waals surface area contributed by atoms with Crippen molar-refractivity contribution in [3.8, 4) is 0 Å². The highest BCUT2D eigenvalue weighted by atomic mass is 32.1. The molecule has 3 rings (SSSR count). The molecule has 0 saturated carbocycles. The molecule has 0 radical (unpaired) electrons. The van der Waals surface area contributed by atoms with Crippen LogP contribution >= 0.6 is 12.2 Å². The average Bonchev–Trinajstić information content (AvgIpc) is 2.90. The molecule has 2 saturated heterocycles. The molecular formula is C13H18N2OS. The van der Waals surface area contributed by atoms with E-state index in [4.69, 9.17) is 17.0 Å². The van der Waals surface area contributed by atoms with Gasteiger partial charge < -0.3 is 9.72 Å². The number of H-pyrrole nitrogens is 1. The number of aromatic nitrogens is 2. The standard InChI is InChI=1S/C13H18N2OS/c1-3-9-7(2)14-12(15-13(9)17)10-6-8-4-5-11(10)16-8/h8,10-11H,3-6H2,1-2H3,(H,14,15,17). The van der Waals surface area contributed by atoms with Gasteiger partial charge >= 0.3 is 0 Å². The Labute approximate surface area is 107 Å². The van der Waals surface area contributed by atoms with E-state index in [0.717, 1.165) is 23.3 Å². The van der Waals surface area contributed by atoms with Crippen LogP contribution in [0.1, 0.15) is 49.2 Å². The minimum absolute atomic E-state index is 0.366. The molecule has 2 fully saturated rings. The maximum Gasteiger partial charge on any atom is 0.133 e. The Kier molecular flexibility index (Phi) is 2.79. The molecule has 3 atom stereocenters. The average molecular weight is 250 g/mol. The molecule has 1 N–H and O–H groups in total. The van der Waals surface area contributed by atoms with Gasteiger partial charge in [0, 0.05) is 17.2 Å². The number of nitrogens with one attached hydrogen (secondary N) is 1. The van der Waals surface area contributed by atoms with Crippen LogP contribution in [-0.2, 0) is 11.2 Å². The Morgan fingerprint density at radius 3 is 2.82 bits per heavy atom. The van der Waals surface area contributed by atoms with E-state index < -0.39 is 0 Å². The van der Waals surface area contributed by atoms with Crippen LogP contribution in [0.5, 0.6) is 0 Å². The lowest BCUT2D eigenvalue weighted by Gasteiger charge is -2.19. The zero-order valence-electron chi connectivity index (χ0n) is 10.3. The summed E-state index contributed by atoms with van der Waals surface area (Å²) >= 11 is 5.38. The summed E-state index contributed by atoms with van der Waals surface area (Å²) in [7, 11) is 0. The number of aromatic amines is 1. The quantitative estimate of drug-likeness (QED) is 0.820. The molecule has 3 unspecified atom stereocenters. The van der Waals surface area contributed by atoms with E-state index in [-0.39, 0.29) is 0 Å². The molecule has 3 heterocycles. The van der Waals surface area contributed by atoms with Gasteiger partial charge in [-0.25, -0.2) is 4.98 Å². The molecule has 0 aliphatic carbocycles. The SMILES string of the molecule is CCc1c(C)[nH]c(C2CC3CCC2O3)nc1=S. The number of aryl methyl sites for hydroxylation is 1. The first-order valence-electron chi connectivity index (χ1n) is 6.44. The monoisotopic (exact) mass is 250 g/mol. The van der Waals surface area contributed by atoms with Crippen molar-refractivity contribution in [3.05, 3.63) is 21.7 Å². The van der Waals surface area contributed by atoms with Gasteiger partial charge in [-0.05, 0) is 32.6 Å².